The van der Waals surface area contributed by atoms with Gasteiger partial charge < -0.3 is 25.6 Å². The third kappa shape index (κ3) is 4.20. The molecule has 10 heteroatoms. The number of likely N-dealkylation sites (tertiary alicyclic amines) is 1. The zero-order chi connectivity index (χ0) is 19.7. The molecular weight excluding hydrogens is 365 g/mol. The van der Waals surface area contributed by atoms with Crippen molar-refractivity contribution < 1.29 is 27.5 Å². The SMILES string of the molecule is COc1ccc(CNC(=O)N2CCC3(CC2)CNC(=O)N3)c(C(F)(F)F)c1. The van der Waals surface area contributed by atoms with Gasteiger partial charge in [0.05, 0.1) is 18.2 Å². The molecule has 7 nitrogen and oxygen atoms in total. The number of hydrogen-bond acceptors (Lipinski definition) is 3. The first kappa shape index (κ1) is 19.1. The van der Waals surface area contributed by atoms with Gasteiger partial charge in [0, 0.05) is 26.2 Å². The Balaban J connectivity index is 1.59. The van der Waals surface area contributed by atoms with E-state index in [1.165, 1.54) is 19.2 Å². The molecule has 2 aliphatic heterocycles. The molecule has 1 spiro atoms. The van der Waals surface area contributed by atoms with Crippen molar-refractivity contribution in [2.45, 2.75) is 31.1 Å². The fourth-order valence-electron chi connectivity index (χ4n) is 3.40. The second-order valence-electron chi connectivity index (χ2n) is 6.75. The summed E-state index contributed by atoms with van der Waals surface area (Å²) in [5.74, 6) is 0.103. The first-order valence-electron chi connectivity index (χ1n) is 8.55. The Labute approximate surface area is 154 Å². The van der Waals surface area contributed by atoms with Crippen LogP contribution in [0.15, 0.2) is 18.2 Å². The number of benzene rings is 1. The molecule has 0 atom stereocenters. The average Bonchev–Trinajstić information content (AvgIpc) is 2.99. The molecule has 1 aromatic carbocycles. The number of piperidine rings is 1. The minimum absolute atomic E-state index is 0.0302. The molecule has 0 radical (unpaired) electrons. The summed E-state index contributed by atoms with van der Waals surface area (Å²) in [6.45, 7) is 1.12. The average molecular weight is 386 g/mol. The number of methoxy groups -OCH3 is 1. The molecule has 0 aromatic heterocycles. The Bertz CT molecular complexity index is 731. The smallest absolute Gasteiger partial charge is 0.416 e. The van der Waals surface area contributed by atoms with Gasteiger partial charge in [0.25, 0.3) is 0 Å². The van der Waals surface area contributed by atoms with E-state index in [0.29, 0.717) is 32.5 Å². The summed E-state index contributed by atoms with van der Waals surface area (Å²) in [5.41, 5.74) is -1.20. The Morgan fingerprint density at radius 2 is 2.04 bits per heavy atom. The van der Waals surface area contributed by atoms with Gasteiger partial charge in [-0.2, -0.15) is 13.2 Å². The van der Waals surface area contributed by atoms with Crippen LogP contribution in [0.2, 0.25) is 0 Å². The fourth-order valence-corrected chi connectivity index (χ4v) is 3.40. The van der Waals surface area contributed by atoms with E-state index >= 15 is 0 Å². The lowest BCUT2D eigenvalue weighted by Crippen LogP contribution is -2.55. The summed E-state index contributed by atoms with van der Waals surface area (Å²) >= 11 is 0. The number of carbonyl (C=O) groups is 2. The van der Waals surface area contributed by atoms with Gasteiger partial charge in [0.2, 0.25) is 0 Å². The van der Waals surface area contributed by atoms with Crippen LogP contribution in [0.3, 0.4) is 0 Å². The second kappa shape index (κ2) is 7.16. The van der Waals surface area contributed by atoms with Crippen LogP contribution in [-0.2, 0) is 12.7 Å². The quantitative estimate of drug-likeness (QED) is 0.744. The van der Waals surface area contributed by atoms with Crippen molar-refractivity contribution in [1.82, 2.24) is 20.9 Å². The first-order chi connectivity index (χ1) is 12.7. The normalized spacial score (nSPS) is 18.8. The predicted octanol–water partition coefficient (Wildman–Crippen LogP) is 2.07. The van der Waals surface area contributed by atoms with Gasteiger partial charge in [0.1, 0.15) is 5.75 Å². The van der Waals surface area contributed by atoms with Crippen LogP contribution in [0.5, 0.6) is 5.75 Å². The minimum atomic E-state index is -4.54. The van der Waals surface area contributed by atoms with Crippen molar-refractivity contribution >= 4 is 12.1 Å². The number of nitrogens with zero attached hydrogens (tertiary/aromatic N) is 1. The van der Waals surface area contributed by atoms with Gasteiger partial charge in [-0.3, -0.25) is 0 Å². The van der Waals surface area contributed by atoms with Crippen molar-refractivity contribution in [3.05, 3.63) is 29.3 Å². The standard InChI is InChI=1S/C17H21F3N4O3/c1-27-12-3-2-11(13(8-12)17(18,19)20)9-21-15(26)24-6-4-16(5-7-24)10-22-14(25)23-16/h2-3,8H,4-7,9-10H2,1H3,(H,21,26)(H2,22,23,25). The van der Waals surface area contributed by atoms with E-state index in [4.69, 9.17) is 4.74 Å². The van der Waals surface area contributed by atoms with Crippen LogP contribution in [0.25, 0.3) is 0 Å². The van der Waals surface area contributed by atoms with Gasteiger partial charge in [-0.1, -0.05) is 6.07 Å². The van der Waals surface area contributed by atoms with Crippen molar-refractivity contribution in [2.24, 2.45) is 0 Å². The van der Waals surface area contributed by atoms with Crippen LogP contribution < -0.4 is 20.7 Å². The third-order valence-corrected chi connectivity index (χ3v) is 5.03. The molecule has 0 aliphatic carbocycles. The van der Waals surface area contributed by atoms with Crippen LogP contribution in [0.1, 0.15) is 24.0 Å². The number of urea groups is 2. The number of ether oxygens (including phenoxy) is 1. The second-order valence-corrected chi connectivity index (χ2v) is 6.75. The Morgan fingerprint density at radius 3 is 2.59 bits per heavy atom. The summed E-state index contributed by atoms with van der Waals surface area (Å²) in [6.07, 6.45) is -3.36. The minimum Gasteiger partial charge on any atom is -0.497 e. The molecule has 2 heterocycles. The maximum atomic E-state index is 13.2. The van der Waals surface area contributed by atoms with E-state index in [1.807, 2.05) is 0 Å². The van der Waals surface area contributed by atoms with E-state index in [-0.39, 0.29) is 29.4 Å². The Kier molecular flexibility index (Phi) is 5.07. The number of alkyl halides is 3. The third-order valence-electron chi connectivity index (χ3n) is 5.03. The number of carbonyl (C=O) groups excluding carboxylic acids is 2. The lowest BCUT2D eigenvalue weighted by molar-refractivity contribution is -0.138. The fraction of sp³-hybridized carbons (Fsp3) is 0.529. The molecule has 0 unspecified atom stereocenters. The monoisotopic (exact) mass is 386 g/mol. The molecule has 3 rings (SSSR count). The summed E-state index contributed by atoms with van der Waals surface area (Å²) < 4.78 is 44.5. The number of nitrogens with one attached hydrogen (secondary N) is 3. The molecule has 2 aliphatic rings. The number of hydrogen-bond donors (Lipinski definition) is 3. The largest absolute Gasteiger partial charge is 0.497 e. The molecular formula is C17H21F3N4O3. The van der Waals surface area contributed by atoms with Crippen LogP contribution in [0, 0.1) is 0 Å². The van der Waals surface area contributed by atoms with Crippen molar-refractivity contribution in [2.75, 3.05) is 26.7 Å². The highest BCUT2D eigenvalue weighted by atomic mass is 19.4. The zero-order valence-corrected chi connectivity index (χ0v) is 14.8. The molecule has 0 saturated carbocycles. The summed E-state index contributed by atoms with van der Waals surface area (Å²) in [6, 6.07) is 3.00. The highest BCUT2D eigenvalue weighted by molar-refractivity contribution is 5.78. The van der Waals surface area contributed by atoms with E-state index < -0.39 is 17.8 Å². The van der Waals surface area contributed by atoms with Crippen LogP contribution >= 0.6 is 0 Å². The molecule has 148 valence electrons. The lowest BCUT2D eigenvalue weighted by Gasteiger charge is -2.38. The maximum Gasteiger partial charge on any atom is 0.416 e. The van der Waals surface area contributed by atoms with E-state index in [0.717, 1.165) is 6.07 Å². The zero-order valence-electron chi connectivity index (χ0n) is 14.8. The van der Waals surface area contributed by atoms with Gasteiger partial charge in [-0.05, 0) is 30.5 Å². The molecule has 2 saturated heterocycles. The van der Waals surface area contributed by atoms with Crippen molar-refractivity contribution in [3.8, 4) is 5.75 Å². The molecule has 1 aromatic rings. The van der Waals surface area contributed by atoms with Crippen LogP contribution in [0.4, 0.5) is 22.8 Å². The molecule has 0 bridgehead atoms. The lowest BCUT2D eigenvalue weighted by atomic mass is 9.89. The number of halogens is 3. The van der Waals surface area contributed by atoms with E-state index in [9.17, 15) is 22.8 Å². The topological polar surface area (TPSA) is 82.7 Å². The van der Waals surface area contributed by atoms with Gasteiger partial charge in [-0.15, -0.1) is 0 Å². The molecule has 3 N–H and O–H groups in total. The summed E-state index contributed by atoms with van der Waals surface area (Å²) in [5, 5.41) is 8.14. The van der Waals surface area contributed by atoms with Crippen LogP contribution in [-0.4, -0.2) is 49.2 Å². The highest BCUT2D eigenvalue weighted by Gasteiger charge is 2.41. The molecule has 27 heavy (non-hydrogen) atoms. The summed E-state index contributed by atoms with van der Waals surface area (Å²) in [7, 11) is 1.29. The van der Waals surface area contributed by atoms with Crippen molar-refractivity contribution in [3.63, 3.8) is 0 Å². The maximum absolute atomic E-state index is 13.2. The molecule has 4 amide bonds. The molecule has 2 fully saturated rings. The van der Waals surface area contributed by atoms with Gasteiger partial charge in [0.15, 0.2) is 0 Å². The Morgan fingerprint density at radius 1 is 1.33 bits per heavy atom. The van der Waals surface area contributed by atoms with Gasteiger partial charge in [-0.25, -0.2) is 9.59 Å². The van der Waals surface area contributed by atoms with E-state index in [1.54, 1.807) is 4.90 Å². The number of amides is 4. The van der Waals surface area contributed by atoms with Crippen molar-refractivity contribution in [1.29, 1.82) is 0 Å². The summed E-state index contributed by atoms with van der Waals surface area (Å²) in [4.78, 5) is 25.2. The number of rotatable bonds is 3. The first-order valence-corrected chi connectivity index (χ1v) is 8.55. The van der Waals surface area contributed by atoms with Gasteiger partial charge >= 0.3 is 18.2 Å². The highest BCUT2D eigenvalue weighted by Crippen LogP contribution is 2.34. The van der Waals surface area contributed by atoms with E-state index in [2.05, 4.69) is 16.0 Å². The predicted molar refractivity (Wildman–Crippen MR) is 90.3 cm³/mol. The Hall–Kier alpha value is -2.65.